The van der Waals surface area contributed by atoms with Crippen LogP contribution in [0.15, 0.2) is 5.51 Å². The highest BCUT2D eigenvalue weighted by molar-refractivity contribution is 7.09. The van der Waals surface area contributed by atoms with E-state index in [0.29, 0.717) is 6.54 Å². The van der Waals surface area contributed by atoms with Crippen molar-refractivity contribution in [1.82, 2.24) is 9.88 Å². The zero-order valence-electron chi connectivity index (χ0n) is 10.4. The molecular formula is C12H20ClN3OS. The second kappa shape index (κ2) is 6.30. The highest BCUT2D eigenvalue weighted by Gasteiger charge is 2.29. The number of rotatable bonds is 4. The normalized spacial score (nSPS) is 24.8. The highest BCUT2D eigenvalue weighted by Crippen LogP contribution is 2.42. The van der Waals surface area contributed by atoms with Gasteiger partial charge in [-0.15, -0.1) is 23.7 Å². The number of hydrogen-bond donors (Lipinski definition) is 1. The summed E-state index contributed by atoms with van der Waals surface area (Å²) < 4.78 is 5.59. The van der Waals surface area contributed by atoms with E-state index in [1.807, 2.05) is 5.51 Å². The third kappa shape index (κ3) is 3.22. The first-order valence-electron chi connectivity index (χ1n) is 6.33. The molecule has 1 aromatic heterocycles. The Kier molecular flexibility index (Phi) is 4.98. The molecule has 2 aliphatic rings. The number of hydrogen-bond acceptors (Lipinski definition) is 5. The van der Waals surface area contributed by atoms with Crippen molar-refractivity contribution in [2.24, 2.45) is 5.73 Å². The minimum Gasteiger partial charge on any atom is -0.374 e. The fourth-order valence-corrected chi connectivity index (χ4v) is 3.25. The fraction of sp³-hybridized carbons (Fsp3) is 0.750. The monoisotopic (exact) mass is 289 g/mol. The first-order chi connectivity index (χ1) is 8.36. The second-order valence-corrected chi connectivity index (χ2v) is 5.84. The number of halogens is 1. The molecule has 0 aromatic carbocycles. The lowest BCUT2D eigenvalue weighted by molar-refractivity contribution is -0.0258. The molecule has 2 heterocycles. The molecule has 0 bridgehead atoms. The van der Waals surface area contributed by atoms with Crippen LogP contribution in [-0.2, 0) is 11.3 Å². The Morgan fingerprint density at radius 1 is 1.50 bits per heavy atom. The van der Waals surface area contributed by atoms with E-state index < -0.39 is 0 Å². The maximum absolute atomic E-state index is 5.67. The summed E-state index contributed by atoms with van der Waals surface area (Å²) >= 11 is 1.80. The van der Waals surface area contributed by atoms with Gasteiger partial charge in [-0.2, -0.15) is 0 Å². The summed E-state index contributed by atoms with van der Waals surface area (Å²) in [5.41, 5.74) is 9.01. The lowest BCUT2D eigenvalue weighted by Gasteiger charge is -2.32. The van der Waals surface area contributed by atoms with Crippen LogP contribution < -0.4 is 5.73 Å². The molecule has 1 saturated carbocycles. The van der Waals surface area contributed by atoms with Gasteiger partial charge < -0.3 is 10.5 Å². The molecule has 2 fully saturated rings. The Morgan fingerprint density at radius 3 is 3.06 bits per heavy atom. The molecule has 0 amide bonds. The van der Waals surface area contributed by atoms with E-state index in [1.165, 1.54) is 23.4 Å². The van der Waals surface area contributed by atoms with E-state index in [-0.39, 0.29) is 18.5 Å². The van der Waals surface area contributed by atoms with Crippen LogP contribution in [0.25, 0.3) is 0 Å². The Hall–Kier alpha value is -0.200. The van der Waals surface area contributed by atoms with Crippen LogP contribution in [0.2, 0.25) is 0 Å². The van der Waals surface area contributed by atoms with Gasteiger partial charge in [-0.1, -0.05) is 0 Å². The van der Waals surface area contributed by atoms with E-state index in [2.05, 4.69) is 9.88 Å². The molecule has 2 N–H and O–H groups in total. The molecule has 0 spiro atoms. The Bertz CT molecular complexity index is 383. The molecule has 1 atom stereocenters. The standard InChI is InChI=1S/C12H19N3OS.ClH/c13-5-10-6-15(3-4-16-10)7-11-12(9-1-2-9)14-8-17-11;/h8-10H,1-7,13H2;1H. The van der Waals surface area contributed by atoms with Crippen molar-refractivity contribution in [1.29, 1.82) is 0 Å². The predicted molar refractivity (Wildman–Crippen MR) is 75.4 cm³/mol. The number of morpholine rings is 1. The number of ether oxygens (including phenoxy) is 1. The number of aromatic nitrogens is 1. The van der Waals surface area contributed by atoms with Crippen LogP contribution in [0.5, 0.6) is 0 Å². The maximum atomic E-state index is 5.67. The second-order valence-electron chi connectivity index (χ2n) is 4.90. The van der Waals surface area contributed by atoms with Gasteiger partial charge in [0.25, 0.3) is 0 Å². The van der Waals surface area contributed by atoms with Gasteiger partial charge in [-0.05, 0) is 12.8 Å². The summed E-state index contributed by atoms with van der Waals surface area (Å²) in [7, 11) is 0. The van der Waals surface area contributed by atoms with Crippen molar-refractivity contribution in [3.05, 3.63) is 16.1 Å². The van der Waals surface area contributed by atoms with Gasteiger partial charge in [-0.3, -0.25) is 4.90 Å². The third-order valence-electron chi connectivity index (χ3n) is 3.49. The zero-order valence-corrected chi connectivity index (χ0v) is 12.0. The molecule has 1 unspecified atom stereocenters. The molecule has 4 nitrogen and oxygen atoms in total. The summed E-state index contributed by atoms with van der Waals surface area (Å²) in [4.78, 5) is 8.41. The van der Waals surface area contributed by atoms with E-state index in [1.54, 1.807) is 11.3 Å². The molecule has 18 heavy (non-hydrogen) atoms. The van der Waals surface area contributed by atoms with Crippen molar-refractivity contribution >= 4 is 23.7 Å². The van der Waals surface area contributed by atoms with Crippen LogP contribution >= 0.6 is 23.7 Å². The Balaban J connectivity index is 0.00000120. The molecule has 102 valence electrons. The van der Waals surface area contributed by atoms with Crippen molar-refractivity contribution in [3.63, 3.8) is 0 Å². The quantitative estimate of drug-likeness (QED) is 0.915. The third-order valence-corrected chi connectivity index (χ3v) is 4.32. The fourth-order valence-electron chi connectivity index (χ4n) is 2.36. The minimum atomic E-state index is 0. The molecule has 3 rings (SSSR count). The molecule has 1 aliphatic heterocycles. The van der Waals surface area contributed by atoms with Crippen molar-refractivity contribution in [2.45, 2.75) is 31.4 Å². The van der Waals surface area contributed by atoms with E-state index in [0.717, 1.165) is 32.2 Å². The molecule has 6 heteroatoms. The first kappa shape index (κ1) is 14.2. The van der Waals surface area contributed by atoms with Crippen molar-refractivity contribution < 1.29 is 4.74 Å². The number of nitrogens with two attached hydrogens (primary N) is 1. The number of nitrogens with zero attached hydrogens (tertiary/aromatic N) is 2. The van der Waals surface area contributed by atoms with E-state index >= 15 is 0 Å². The average Bonchev–Trinajstić information content (AvgIpc) is 3.11. The smallest absolute Gasteiger partial charge is 0.0824 e. The van der Waals surface area contributed by atoms with Gasteiger partial charge in [0.15, 0.2) is 0 Å². The van der Waals surface area contributed by atoms with Crippen LogP contribution in [-0.4, -0.2) is 42.2 Å². The average molecular weight is 290 g/mol. The van der Waals surface area contributed by atoms with Gasteiger partial charge >= 0.3 is 0 Å². The summed E-state index contributed by atoms with van der Waals surface area (Å²) in [5, 5.41) is 0. The minimum absolute atomic E-state index is 0. The maximum Gasteiger partial charge on any atom is 0.0824 e. The molecule has 1 saturated heterocycles. The largest absolute Gasteiger partial charge is 0.374 e. The number of thiazole rings is 1. The SMILES string of the molecule is Cl.NCC1CN(Cc2scnc2C2CC2)CCO1. The summed E-state index contributed by atoms with van der Waals surface area (Å²) in [6.07, 6.45) is 2.86. The van der Waals surface area contributed by atoms with Crippen LogP contribution in [0, 0.1) is 0 Å². The summed E-state index contributed by atoms with van der Waals surface area (Å²) in [6.45, 7) is 4.42. The summed E-state index contributed by atoms with van der Waals surface area (Å²) in [6, 6.07) is 0. The van der Waals surface area contributed by atoms with Gasteiger partial charge in [0, 0.05) is 37.0 Å². The predicted octanol–water partition coefficient (Wildman–Crippen LogP) is 1.60. The Morgan fingerprint density at radius 2 is 2.33 bits per heavy atom. The first-order valence-corrected chi connectivity index (χ1v) is 7.21. The zero-order chi connectivity index (χ0) is 11.7. The lowest BCUT2D eigenvalue weighted by atomic mass is 10.2. The van der Waals surface area contributed by atoms with Crippen molar-refractivity contribution in [3.8, 4) is 0 Å². The highest BCUT2D eigenvalue weighted by atomic mass is 35.5. The lowest BCUT2D eigenvalue weighted by Crippen LogP contribution is -2.45. The van der Waals surface area contributed by atoms with Gasteiger partial charge in [0.1, 0.15) is 0 Å². The van der Waals surface area contributed by atoms with Gasteiger partial charge in [-0.25, -0.2) is 4.98 Å². The molecule has 0 radical (unpaired) electrons. The molecule has 1 aliphatic carbocycles. The van der Waals surface area contributed by atoms with Gasteiger partial charge in [0.05, 0.1) is 23.9 Å². The van der Waals surface area contributed by atoms with Crippen molar-refractivity contribution in [2.75, 3.05) is 26.2 Å². The van der Waals surface area contributed by atoms with Crippen LogP contribution in [0.1, 0.15) is 29.3 Å². The van der Waals surface area contributed by atoms with Crippen LogP contribution in [0.4, 0.5) is 0 Å². The molecule has 1 aromatic rings. The van der Waals surface area contributed by atoms with Crippen LogP contribution in [0.3, 0.4) is 0 Å². The molecular weight excluding hydrogens is 270 g/mol. The topological polar surface area (TPSA) is 51.4 Å². The summed E-state index contributed by atoms with van der Waals surface area (Å²) in [5.74, 6) is 0.752. The van der Waals surface area contributed by atoms with E-state index in [4.69, 9.17) is 10.5 Å². The van der Waals surface area contributed by atoms with Gasteiger partial charge in [0.2, 0.25) is 0 Å². The van der Waals surface area contributed by atoms with E-state index in [9.17, 15) is 0 Å². The Labute approximate surface area is 118 Å².